The predicted octanol–water partition coefficient (Wildman–Crippen LogP) is 5.58. The quantitative estimate of drug-likeness (QED) is 0.218. The number of carboxylic acid groups (broad SMARTS) is 1. The standard InChI is InChI=1S/C18H20F2N4O2.C15H17N3O3/c1-12(2)26-15-7-13(3)6-14(8-15)17-21-11-24(22-17)5-4-16(25)23-9-18(19,20)10-23;1-10(2)21-13-7-11(3)6-12(8-13)15-16-9-18(17-15)5-4-14(19)20/h4-8,11-12H,9-10H2,1-3H3;4-10H,1-3H3,(H,19,20)/b2*5-4-. The van der Waals surface area contributed by atoms with Gasteiger partial charge in [0.25, 0.3) is 5.92 Å². The Morgan fingerprint density at radius 2 is 1.23 bits per heavy atom. The zero-order valence-electron chi connectivity index (χ0n) is 27.0. The van der Waals surface area contributed by atoms with Crippen molar-refractivity contribution in [2.24, 2.45) is 0 Å². The van der Waals surface area contributed by atoms with Crippen LogP contribution in [0.1, 0.15) is 38.8 Å². The second kappa shape index (κ2) is 14.8. The maximum atomic E-state index is 12.8. The zero-order chi connectivity index (χ0) is 34.3. The lowest BCUT2D eigenvalue weighted by molar-refractivity contribution is -0.160. The number of carbonyl (C=O) groups is 2. The second-order valence-electron chi connectivity index (χ2n) is 11.5. The summed E-state index contributed by atoms with van der Waals surface area (Å²) in [6.07, 6.45) is 7.99. The number of hydrogen-bond acceptors (Lipinski definition) is 8. The monoisotopic (exact) mass is 649 g/mol. The highest BCUT2D eigenvalue weighted by Gasteiger charge is 2.45. The number of benzene rings is 2. The first-order valence-corrected chi connectivity index (χ1v) is 14.8. The molecule has 1 aliphatic rings. The molecular weight excluding hydrogens is 612 g/mol. The molecule has 1 N–H and O–H groups in total. The summed E-state index contributed by atoms with van der Waals surface area (Å²) in [5.41, 5.74) is 3.68. The van der Waals surface area contributed by atoms with Crippen molar-refractivity contribution in [1.29, 1.82) is 0 Å². The van der Waals surface area contributed by atoms with Gasteiger partial charge in [0, 0.05) is 35.7 Å². The highest BCUT2D eigenvalue weighted by Crippen LogP contribution is 2.27. The Bertz CT molecular complexity index is 1770. The van der Waals surface area contributed by atoms with Gasteiger partial charge in [-0.1, -0.05) is 0 Å². The smallest absolute Gasteiger partial charge is 0.329 e. The van der Waals surface area contributed by atoms with E-state index in [1.807, 2.05) is 77.9 Å². The van der Waals surface area contributed by atoms with Gasteiger partial charge in [0.05, 0.1) is 25.3 Å². The molecule has 14 heteroatoms. The average Bonchev–Trinajstić information content (AvgIpc) is 3.63. The number of aryl methyl sites for hydroxylation is 2. The van der Waals surface area contributed by atoms with Crippen molar-refractivity contribution in [2.45, 2.75) is 59.7 Å². The molecule has 2 aromatic heterocycles. The van der Waals surface area contributed by atoms with E-state index in [1.54, 1.807) is 0 Å². The van der Waals surface area contributed by atoms with E-state index in [9.17, 15) is 18.4 Å². The molecule has 47 heavy (non-hydrogen) atoms. The fourth-order valence-corrected chi connectivity index (χ4v) is 4.45. The van der Waals surface area contributed by atoms with Gasteiger partial charge in [-0.3, -0.25) is 4.79 Å². The maximum absolute atomic E-state index is 12.8. The number of halogens is 2. The van der Waals surface area contributed by atoms with E-state index in [4.69, 9.17) is 14.6 Å². The molecular formula is C33H37F2N7O5. The molecule has 5 rings (SSSR count). The third-order valence-corrected chi connectivity index (χ3v) is 6.27. The minimum absolute atomic E-state index is 0.0537. The molecule has 1 saturated heterocycles. The maximum Gasteiger partial charge on any atom is 0.329 e. The van der Waals surface area contributed by atoms with Gasteiger partial charge in [0.2, 0.25) is 5.91 Å². The van der Waals surface area contributed by atoms with Crippen LogP contribution in [0.15, 0.2) is 61.2 Å². The van der Waals surface area contributed by atoms with Gasteiger partial charge in [0.15, 0.2) is 11.6 Å². The summed E-state index contributed by atoms with van der Waals surface area (Å²) >= 11 is 0. The van der Waals surface area contributed by atoms with E-state index in [1.165, 1.54) is 40.5 Å². The summed E-state index contributed by atoms with van der Waals surface area (Å²) in [4.78, 5) is 31.7. The molecule has 0 unspecified atom stereocenters. The van der Waals surface area contributed by atoms with Gasteiger partial charge in [-0.25, -0.2) is 32.9 Å². The number of ether oxygens (including phenoxy) is 2. The fourth-order valence-electron chi connectivity index (χ4n) is 4.45. The molecule has 0 saturated carbocycles. The largest absolute Gasteiger partial charge is 0.491 e. The third kappa shape index (κ3) is 10.3. The number of aromatic nitrogens is 6. The van der Waals surface area contributed by atoms with Crippen LogP contribution < -0.4 is 9.47 Å². The van der Waals surface area contributed by atoms with Gasteiger partial charge in [0.1, 0.15) is 24.2 Å². The van der Waals surface area contributed by atoms with Crippen molar-refractivity contribution in [3.8, 4) is 34.3 Å². The van der Waals surface area contributed by atoms with Gasteiger partial charge in [-0.2, -0.15) is 0 Å². The van der Waals surface area contributed by atoms with E-state index in [0.717, 1.165) is 44.7 Å². The number of carbonyl (C=O) groups excluding carboxylic acids is 1. The molecule has 0 spiro atoms. The van der Waals surface area contributed by atoms with Crippen molar-refractivity contribution >= 4 is 24.3 Å². The summed E-state index contributed by atoms with van der Waals surface area (Å²) in [7, 11) is 0. The van der Waals surface area contributed by atoms with Crippen LogP contribution in [-0.4, -0.2) is 82.6 Å². The molecule has 0 radical (unpaired) electrons. The predicted molar refractivity (Wildman–Crippen MR) is 172 cm³/mol. The van der Waals surface area contributed by atoms with E-state index in [2.05, 4.69) is 20.2 Å². The Morgan fingerprint density at radius 3 is 1.64 bits per heavy atom. The van der Waals surface area contributed by atoms with Crippen molar-refractivity contribution in [2.75, 3.05) is 13.1 Å². The Labute approximate surface area is 271 Å². The highest BCUT2D eigenvalue weighted by atomic mass is 19.3. The second-order valence-corrected chi connectivity index (χ2v) is 11.5. The first kappa shape index (κ1) is 34.5. The van der Waals surface area contributed by atoms with Crippen LogP contribution in [0.4, 0.5) is 8.78 Å². The number of rotatable bonds is 10. The van der Waals surface area contributed by atoms with Gasteiger partial charge in [-0.05, 0) is 89.1 Å². The molecule has 1 amide bonds. The highest BCUT2D eigenvalue weighted by molar-refractivity contribution is 5.90. The van der Waals surface area contributed by atoms with E-state index in [0.29, 0.717) is 11.6 Å². The Hall–Kier alpha value is -5.40. The summed E-state index contributed by atoms with van der Waals surface area (Å²) in [6.45, 7) is 10.7. The summed E-state index contributed by atoms with van der Waals surface area (Å²) in [5, 5.41) is 17.1. The molecule has 248 valence electrons. The van der Waals surface area contributed by atoms with Crippen LogP contribution in [0, 0.1) is 13.8 Å². The van der Waals surface area contributed by atoms with E-state index >= 15 is 0 Å². The van der Waals surface area contributed by atoms with Crippen molar-refractivity contribution in [1.82, 2.24) is 34.4 Å². The van der Waals surface area contributed by atoms with Crippen molar-refractivity contribution in [3.63, 3.8) is 0 Å². The minimum Gasteiger partial charge on any atom is -0.491 e. The van der Waals surface area contributed by atoms with Gasteiger partial charge >= 0.3 is 5.97 Å². The van der Waals surface area contributed by atoms with Crippen molar-refractivity contribution < 1.29 is 33.0 Å². The summed E-state index contributed by atoms with van der Waals surface area (Å²) in [6, 6.07) is 11.5. The molecule has 0 bridgehead atoms. The van der Waals surface area contributed by atoms with Gasteiger partial charge < -0.3 is 19.5 Å². The SMILES string of the molecule is Cc1cc(OC(C)C)cc(-c2ncn(/C=C\C(=O)N3CC(F)(F)C3)n2)c1.Cc1cc(OC(C)C)cc(-c2ncn(/C=C\C(=O)O)n2)c1. The Kier molecular flexibility index (Phi) is 10.9. The van der Waals surface area contributed by atoms with Crippen LogP contribution in [0.5, 0.6) is 11.5 Å². The van der Waals surface area contributed by atoms with E-state index in [-0.39, 0.29) is 12.2 Å². The van der Waals surface area contributed by atoms with Crippen LogP contribution in [-0.2, 0) is 9.59 Å². The van der Waals surface area contributed by atoms with Crippen molar-refractivity contribution in [3.05, 3.63) is 72.3 Å². The summed E-state index contributed by atoms with van der Waals surface area (Å²) < 4.78 is 39.7. The fraction of sp³-hybridized carbons (Fsp3) is 0.333. The third-order valence-electron chi connectivity index (χ3n) is 6.27. The van der Waals surface area contributed by atoms with Crippen LogP contribution in [0.3, 0.4) is 0 Å². The van der Waals surface area contributed by atoms with E-state index < -0.39 is 30.9 Å². The lowest BCUT2D eigenvalue weighted by Gasteiger charge is -2.37. The number of aliphatic carboxylic acids is 1. The van der Waals surface area contributed by atoms with Crippen LogP contribution >= 0.6 is 0 Å². The summed E-state index contributed by atoms with van der Waals surface area (Å²) in [5.74, 6) is -1.79. The van der Waals surface area contributed by atoms with Gasteiger partial charge in [-0.15, -0.1) is 10.2 Å². The molecule has 1 aliphatic heterocycles. The minimum atomic E-state index is -2.77. The number of likely N-dealkylation sites (tertiary alicyclic amines) is 1. The lowest BCUT2D eigenvalue weighted by atomic mass is 10.1. The average molecular weight is 650 g/mol. The number of carboxylic acids is 1. The normalized spacial score (nSPS) is 14.0. The zero-order valence-corrected chi connectivity index (χ0v) is 27.0. The molecule has 0 atom stereocenters. The molecule has 12 nitrogen and oxygen atoms in total. The van der Waals surface area contributed by atoms with Crippen LogP contribution in [0.25, 0.3) is 35.2 Å². The first-order chi connectivity index (χ1) is 22.2. The topological polar surface area (TPSA) is 137 Å². The van der Waals surface area contributed by atoms with Crippen LogP contribution in [0.2, 0.25) is 0 Å². The number of nitrogens with zero attached hydrogens (tertiary/aromatic N) is 7. The number of amides is 1. The first-order valence-electron chi connectivity index (χ1n) is 14.8. The molecule has 3 heterocycles. The number of hydrogen-bond donors (Lipinski definition) is 1. The molecule has 4 aromatic rings. The number of alkyl halides is 2. The Balaban J connectivity index is 0.000000218. The molecule has 0 aliphatic carbocycles. The lowest BCUT2D eigenvalue weighted by Crippen LogP contribution is -2.58. The molecule has 1 fully saturated rings. The molecule has 2 aromatic carbocycles. The Morgan fingerprint density at radius 1 is 0.787 bits per heavy atom.